The summed E-state index contributed by atoms with van der Waals surface area (Å²) in [5.74, 6) is 0. The maximum atomic E-state index is 13.2. The number of piperazine rings is 1. The standard InChI is InChI=1S/C22H22N4O2/c27-21-23-15-9-3-1-7-13(15)19-20-14-8-2-4-10-16(14)24-22(28)26(20)18-12-6-5-11-17(18)25(19)21/h1-4,7-10,17-20H,5-6,11-12H2,(H,23,27)(H,24,28)/t17-,18-,19-,20+/m0/s1. The number of nitrogens with zero attached hydrogens (tertiary/aromatic N) is 2. The van der Waals surface area contributed by atoms with E-state index in [-0.39, 0.29) is 36.2 Å². The molecule has 3 heterocycles. The van der Waals surface area contributed by atoms with Gasteiger partial charge in [0.1, 0.15) is 0 Å². The largest absolute Gasteiger partial charge is 0.322 e. The van der Waals surface area contributed by atoms with Crippen molar-refractivity contribution in [2.24, 2.45) is 0 Å². The van der Waals surface area contributed by atoms with Crippen LogP contribution < -0.4 is 10.6 Å². The molecule has 1 saturated carbocycles. The SMILES string of the molecule is O=C1Nc2ccccc2[C@@H]2[C@@H]3c4ccccc4NC(=O)N3[C@H]3CCCC[C@@H]3N12. The highest BCUT2D eigenvalue weighted by atomic mass is 16.2. The summed E-state index contributed by atoms with van der Waals surface area (Å²) in [4.78, 5) is 30.5. The summed E-state index contributed by atoms with van der Waals surface area (Å²) in [6.07, 6.45) is 4.07. The Balaban J connectivity index is 1.61. The van der Waals surface area contributed by atoms with Crippen molar-refractivity contribution >= 4 is 23.4 Å². The summed E-state index contributed by atoms with van der Waals surface area (Å²) in [7, 11) is 0. The summed E-state index contributed by atoms with van der Waals surface area (Å²) >= 11 is 0. The van der Waals surface area contributed by atoms with Crippen molar-refractivity contribution in [2.75, 3.05) is 10.6 Å². The van der Waals surface area contributed by atoms with E-state index in [1.807, 2.05) is 46.2 Å². The van der Waals surface area contributed by atoms with Gasteiger partial charge in [0, 0.05) is 22.5 Å². The number of urea groups is 2. The molecule has 3 aliphatic heterocycles. The Labute approximate surface area is 163 Å². The van der Waals surface area contributed by atoms with E-state index < -0.39 is 0 Å². The van der Waals surface area contributed by atoms with Crippen molar-refractivity contribution in [3.8, 4) is 0 Å². The summed E-state index contributed by atoms with van der Waals surface area (Å²) < 4.78 is 0. The molecule has 2 fully saturated rings. The molecule has 1 saturated heterocycles. The van der Waals surface area contributed by atoms with Crippen LogP contribution in [0.1, 0.15) is 48.9 Å². The van der Waals surface area contributed by atoms with Crippen LogP contribution in [0.5, 0.6) is 0 Å². The van der Waals surface area contributed by atoms with Crippen LogP contribution in [0.25, 0.3) is 0 Å². The average Bonchev–Trinajstić information content (AvgIpc) is 2.73. The van der Waals surface area contributed by atoms with E-state index >= 15 is 0 Å². The lowest BCUT2D eigenvalue weighted by atomic mass is 9.76. The number of hydrogen-bond donors (Lipinski definition) is 2. The van der Waals surface area contributed by atoms with Crippen LogP contribution in [0.3, 0.4) is 0 Å². The maximum absolute atomic E-state index is 13.2. The summed E-state index contributed by atoms with van der Waals surface area (Å²) in [5.41, 5.74) is 3.88. The minimum atomic E-state index is -0.170. The van der Waals surface area contributed by atoms with Crippen LogP contribution in [-0.2, 0) is 0 Å². The molecule has 2 N–H and O–H groups in total. The molecule has 0 unspecified atom stereocenters. The molecular formula is C22H22N4O2. The zero-order valence-corrected chi connectivity index (χ0v) is 15.5. The second-order valence-corrected chi connectivity index (χ2v) is 8.16. The third-order valence-electron chi connectivity index (χ3n) is 6.82. The van der Waals surface area contributed by atoms with Crippen molar-refractivity contribution in [1.29, 1.82) is 0 Å². The van der Waals surface area contributed by atoms with Crippen LogP contribution in [0, 0.1) is 0 Å². The van der Waals surface area contributed by atoms with Gasteiger partial charge in [-0.1, -0.05) is 49.2 Å². The normalized spacial score (nSPS) is 30.1. The topological polar surface area (TPSA) is 64.7 Å². The second kappa shape index (κ2) is 5.74. The molecule has 1 aliphatic carbocycles. The zero-order valence-electron chi connectivity index (χ0n) is 15.5. The van der Waals surface area contributed by atoms with Crippen molar-refractivity contribution in [2.45, 2.75) is 49.9 Å². The van der Waals surface area contributed by atoms with Crippen LogP contribution in [0.15, 0.2) is 48.5 Å². The van der Waals surface area contributed by atoms with Crippen LogP contribution in [-0.4, -0.2) is 33.9 Å². The smallest absolute Gasteiger partial charge is 0.310 e. The fourth-order valence-corrected chi connectivity index (χ4v) is 5.75. The van der Waals surface area contributed by atoms with E-state index in [0.29, 0.717) is 0 Å². The van der Waals surface area contributed by atoms with Gasteiger partial charge in [-0.05, 0) is 25.0 Å². The van der Waals surface area contributed by atoms with Crippen molar-refractivity contribution < 1.29 is 9.59 Å². The van der Waals surface area contributed by atoms with Crippen molar-refractivity contribution in [3.05, 3.63) is 59.7 Å². The summed E-state index contributed by atoms with van der Waals surface area (Å²) in [6, 6.07) is 15.7. The first-order chi connectivity index (χ1) is 13.7. The molecule has 2 aromatic rings. The fourth-order valence-electron chi connectivity index (χ4n) is 5.75. The number of nitrogens with one attached hydrogen (secondary N) is 2. The lowest BCUT2D eigenvalue weighted by Crippen LogP contribution is -2.68. The van der Waals surface area contributed by atoms with Gasteiger partial charge >= 0.3 is 12.1 Å². The summed E-state index contributed by atoms with van der Waals surface area (Å²) in [6.45, 7) is 0. The highest BCUT2D eigenvalue weighted by Crippen LogP contribution is 2.54. The van der Waals surface area contributed by atoms with Crippen molar-refractivity contribution in [1.82, 2.24) is 9.80 Å². The van der Waals surface area contributed by atoms with Gasteiger partial charge in [-0.15, -0.1) is 0 Å². The van der Waals surface area contributed by atoms with Gasteiger partial charge in [0.2, 0.25) is 0 Å². The average molecular weight is 374 g/mol. The van der Waals surface area contributed by atoms with Gasteiger partial charge in [0.15, 0.2) is 0 Å². The monoisotopic (exact) mass is 374 g/mol. The molecule has 4 amide bonds. The Kier molecular flexibility index (Phi) is 3.27. The number of fused-ring (bicyclic) bond motifs is 10. The molecule has 6 nitrogen and oxygen atoms in total. The Morgan fingerprint density at radius 3 is 1.57 bits per heavy atom. The summed E-state index contributed by atoms with van der Waals surface area (Å²) in [5, 5.41) is 6.18. The van der Waals surface area contributed by atoms with E-state index in [0.717, 1.165) is 48.2 Å². The van der Waals surface area contributed by atoms with Crippen molar-refractivity contribution in [3.63, 3.8) is 0 Å². The number of benzene rings is 2. The highest BCUT2D eigenvalue weighted by molar-refractivity contribution is 5.97. The lowest BCUT2D eigenvalue weighted by Gasteiger charge is -2.60. The lowest BCUT2D eigenvalue weighted by molar-refractivity contribution is -0.0340. The van der Waals surface area contributed by atoms with E-state index in [9.17, 15) is 9.59 Å². The zero-order chi connectivity index (χ0) is 18.8. The number of hydrogen-bond acceptors (Lipinski definition) is 2. The Bertz CT molecular complexity index is 911. The molecule has 0 radical (unpaired) electrons. The highest BCUT2D eigenvalue weighted by Gasteiger charge is 2.56. The number of amides is 4. The van der Waals surface area contributed by atoms with Gasteiger partial charge in [-0.25, -0.2) is 9.59 Å². The molecule has 4 aliphatic rings. The maximum Gasteiger partial charge on any atom is 0.322 e. The fraction of sp³-hybridized carbons (Fsp3) is 0.364. The molecule has 6 heteroatoms. The molecule has 0 spiro atoms. The van der Waals surface area contributed by atoms with Gasteiger partial charge in [-0.2, -0.15) is 0 Å². The molecule has 142 valence electrons. The third kappa shape index (κ3) is 2.03. The quantitative estimate of drug-likeness (QED) is 0.714. The van der Waals surface area contributed by atoms with E-state index in [1.54, 1.807) is 0 Å². The van der Waals surface area contributed by atoms with Gasteiger partial charge in [-0.3, -0.25) is 0 Å². The van der Waals surface area contributed by atoms with E-state index in [1.165, 1.54) is 0 Å². The van der Waals surface area contributed by atoms with Gasteiger partial charge in [0.05, 0.1) is 24.2 Å². The minimum Gasteiger partial charge on any atom is -0.310 e. The number of carbonyl (C=O) groups is 2. The van der Waals surface area contributed by atoms with E-state index in [2.05, 4.69) is 22.8 Å². The number of anilines is 2. The molecule has 2 aromatic carbocycles. The number of rotatable bonds is 0. The molecule has 28 heavy (non-hydrogen) atoms. The Morgan fingerprint density at radius 2 is 1.11 bits per heavy atom. The molecule has 6 rings (SSSR count). The predicted molar refractivity (Wildman–Crippen MR) is 106 cm³/mol. The Morgan fingerprint density at radius 1 is 0.679 bits per heavy atom. The van der Waals surface area contributed by atoms with Crippen LogP contribution in [0.4, 0.5) is 21.0 Å². The molecule has 0 bridgehead atoms. The number of carbonyl (C=O) groups excluding carboxylic acids is 2. The first kappa shape index (κ1) is 16.0. The Hall–Kier alpha value is -3.02. The number of para-hydroxylation sites is 2. The van der Waals surface area contributed by atoms with Crippen LogP contribution in [0.2, 0.25) is 0 Å². The van der Waals surface area contributed by atoms with Crippen LogP contribution >= 0.6 is 0 Å². The molecule has 4 atom stereocenters. The molecular weight excluding hydrogens is 352 g/mol. The van der Waals surface area contributed by atoms with Gasteiger partial charge < -0.3 is 20.4 Å². The third-order valence-corrected chi connectivity index (χ3v) is 6.82. The predicted octanol–water partition coefficient (Wildman–Crippen LogP) is 4.49. The second-order valence-electron chi connectivity index (χ2n) is 8.16. The van der Waals surface area contributed by atoms with Gasteiger partial charge in [0.25, 0.3) is 0 Å². The van der Waals surface area contributed by atoms with E-state index in [4.69, 9.17) is 0 Å². The molecule has 0 aromatic heterocycles. The minimum absolute atomic E-state index is 0.0382. The first-order valence-electron chi connectivity index (χ1n) is 10.1. The first-order valence-corrected chi connectivity index (χ1v) is 10.1.